The largest absolute Gasteiger partial charge is 0.486 e. The summed E-state index contributed by atoms with van der Waals surface area (Å²) in [4.78, 5) is 12.3. The van der Waals surface area contributed by atoms with Crippen LogP contribution in [0.2, 0.25) is 0 Å². The standard InChI is InChI=1S/C17H15N3O3/c21-17(16-12-3-1-2-4-13(12)19-20-16)18-10-11-5-6-14-15(9-11)23-8-7-22-14/h1-6,9H,7-8,10H2,(H,18,21)(H,19,20). The van der Waals surface area contributed by atoms with E-state index >= 15 is 0 Å². The molecule has 23 heavy (non-hydrogen) atoms. The van der Waals surface area contributed by atoms with Gasteiger partial charge in [0.25, 0.3) is 5.91 Å². The van der Waals surface area contributed by atoms with Gasteiger partial charge in [0.2, 0.25) is 0 Å². The Kier molecular flexibility index (Phi) is 3.34. The number of aromatic amines is 1. The Bertz CT molecular complexity index is 872. The number of carbonyl (C=O) groups excluding carboxylic acids is 1. The highest BCUT2D eigenvalue weighted by atomic mass is 16.6. The van der Waals surface area contributed by atoms with E-state index < -0.39 is 0 Å². The highest BCUT2D eigenvalue weighted by Crippen LogP contribution is 2.30. The minimum atomic E-state index is -0.211. The van der Waals surface area contributed by atoms with Crippen molar-refractivity contribution >= 4 is 16.8 Å². The summed E-state index contributed by atoms with van der Waals surface area (Å²) in [5.74, 6) is 1.25. The predicted molar refractivity (Wildman–Crippen MR) is 84.7 cm³/mol. The Morgan fingerprint density at radius 1 is 1.13 bits per heavy atom. The third kappa shape index (κ3) is 2.59. The maximum absolute atomic E-state index is 12.3. The van der Waals surface area contributed by atoms with E-state index in [1.165, 1.54) is 0 Å². The average molecular weight is 309 g/mol. The monoisotopic (exact) mass is 309 g/mol. The fraction of sp³-hybridized carbons (Fsp3) is 0.176. The first kappa shape index (κ1) is 13.6. The molecule has 0 saturated heterocycles. The van der Waals surface area contributed by atoms with Crippen LogP contribution in [0.5, 0.6) is 11.5 Å². The van der Waals surface area contributed by atoms with Crippen LogP contribution in [0.1, 0.15) is 16.1 Å². The van der Waals surface area contributed by atoms with Gasteiger partial charge in [0.1, 0.15) is 13.2 Å². The summed E-state index contributed by atoms with van der Waals surface area (Å²) in [5.41, 5.74) is 2.19. The molecule has 116 valence electrons. The highest BCUT2D eigenvalue weighted by molar-refractivity contribution is 6.04. The lowest BCUT2D eigenvalue weighted by Gasteiger charge is -2.18. The number of para-hydroxylation sites is 1. The van der Waals surface area contributed by atoms with Crippen LogP contribution in [0, 0.1) is 0 Å². The van der Waals surface area contributed by atoms with Crippen molar-refractivity contribution in [3.05, 3.63) is 53.7 Å². The number of rotatable bonds is 3. The predicted octanol–water partition coefficient (Wildman–Crippen LogP) is 2.26. The number of benzene rings is 2. The van der Waals surface area contributed by atoms with E-state index in [2.05, 4.69) is 15.5 Å². The number of hydrogen-bond acceptors (Lipinski definition) is 4. The Morgan fingerprint density at radius 3 is 2.87 bits per heavy atom. The molecule has 6 nitrogen and oxygen atoms in total. The van der Waals surface area contributed by atoms with Crippen LogP contribution in [-0.4, -0.2) is 29.3 Å². The van der Waals surface area contributed by atoms with E-state index in [9.17, 15) is 4.79 Å². The summed E-state index contributed by atoms with van der Waals surface area (Å²) in [7, 11) is 0. The fourth-order valence-electron chi connectivity index (χ4n) is 2.60. The molecule has 0 radical (unpaired) electrons. The maximum Gasteiger partial charge on any atom is 0.272 e. The van der Waals surface area contributed by atoms with Gasteiger partial charge in [-0.15, -0.1) is 0 Å². The summed E-state index contributed by atoms with van der Waals surface area (Å²) in [5, 5.41) is 10.7. The smallest absolute Gasteiger partial charge is 0.272 e. The van der Waals surface area contributed by atoms with Gasteiger partial charge in [0, 0.05) is 11.9 Å². The Labute approximate surface area is 132 Å². The molecule has 0 spiro atoms. The summed E-state index contributed by atoms with van der Waals surface area (Å²) in [6.07, 6.45) is 0. The zero-order valence-electron chi connectivity index (χ0n) is 12.3. The lowest BCUT2D eigenvalue weighted by molar-refractivity contribution is 0.0947. The van der Waals surface area contributed by atoms with Crippen molar-refractivity contribution in [1.29, 1.82) is 0 Å². The normalized spacial score (nSPS) is 13.0. The minimum Gasteiger partial charge on any atom is -0.486 e. The van der Waals surface area contributed by atoms with Gasteiger partial charge in [-0.05, 0) is 23.8 Å². The fourth-order valence-corrected chi connectivity index (χ4v) is 2.60. The van der Waals surface area contributed by atoms with Gasteiger partial charge < -0.3 is 14.8 Å². The summed E-state index contributed by atoms with van der Waals surface area (Å²) < 4.78 is 11.0. The molecular formula is C17H15N3O3. The molecule has 6 heteroatoms. The van der Waals surface area contributed by atoms with Crippen LogP contribution in [0.4, 0.5) is 0 Å². The Morgan fingerprint density at radius 2 is 1.96 bits per heavy atom. The first-order chi connectivity index (χ1) is 11.3. The van der Waals surface area contributed by atoms with Crippen LogP contribution in [-0.2, 0) is 6.54 Å². The molecule has 0 unspecified atom stereocenters. The van der Waals surface area contributed by atoms with Gasteiger partial charge in [0.15, 0.2) is 17.2 Å². The summed E-state index contributed by atoms with van der Waals surface area (Å²) >= 11 is 0. The number of nitrogens with zero attached hydrogens (tertiary/aromatic N) is 1. The topological polar surface area (TPSA) is 76.2 Å². The molecule has 1 amide bonds. The Hall–Kier alpha value is -3.02. The minimum absolute atomic E-state index is 0.211. The van der Waals surface area contributed by atoms with E-state index in [-0.39, 0.29) is 5.91 Å². The number of nitrogens with one attached hydrogen (secondary N) is 2. The van der Waals surface area contributed by atoms with E-state index in [4.69, 9.17) is 9.47 Å². The molecule has 1 aliphatic rings. The summed E-state index contributed by atoms with van der Waals surface area (Å²) in [6.45, 7) is 1.51. The highest BCUT2D eigenvalue weighted by Gasteiger charge is 2.15. The van der Waals surface area contributed by atoms with Crippen LogP contribution >= 0.6 is 0 Å². The number of fused-ring (bicyclic) bond motifs is 2. The quantitative estimate of drug-likeness (QED) is 0.778. The van der Waals surface area contributed by atoms with E-state index in [1.54, 1.807) is 0 Å². The van der Waals surface area contributed by atoms with Crippen molar-refractivity contribution < 1.29 is 14.3 Å². The second-order valence-electron chi connectivity index (χ2n) is 5.28. The molecule has 2 heterocycles. The third-order valence-electron chi connectivity index (χ3n) is 3.75. The molecular weight excluding hydrogens is 294 g/mol. The van der Waals surface area contributed by atoms with Gasteiger partial charge in [-0.3, -0.25) is 9.89 Å². The van der Waals surface area contributed by atoms with E-state index in [0.717, 1.165) is 22.2 Å². The lowest BCUT2D eigenvalue weighted by atomic mass is 10.1. The van der Waals surface area contributed by atoms with Gasteiger partial charge in [-0.25, -0.2) is 0 Å². The average Bonchev–Trinajstić information content (AvgIpc) is 3.03. The molecule has 2 N–H and O–H groups in total. The van der Waals surface area contributed by atoms with Crippen LogP contribution < -0.4 is 14.8 Å². The zero-order chi connectivity index (χ0) is 15.6. The molecule has 0 aliphatic carbocycles. The van der Waals surface area contributed by atoms with Crippen molar-refractivity contribution in [1.82, 2.24) is 15.5 Å². The number of carbonyl (C=O) groups is 1. The zero-order valence-corrected chi connectivity index (χ0v) is 12.3. The van der Waals surface area contributed by atoms with Crippen molar-refractivity contribution in [3.63, 3.8) is 0 Å². The van der Waals surface area contributed by atoms with Crippen molar-refractivity contribution in [2.24, 2.45) is 0 Å². The molecule has 2 aromatic carbocycles. The number of ether oxygens (including phenoxy) is 2. The van der Waals surface area contributed by atoms with Gasteiger partial charge in [-0.1, -0.05) is 24.3 Å². The molecule has 0 saturated carbocycles. The van der Waals surface area contributed by atoms with Crippen LogP contribution in [0.25, 0.3) is 10.9 Å². The molecule has 0 fully saturated rings. The first-order valence-corrected chi connectivity index (χ1v) is 7.41. The van der Waals surface area contributed by atoms with Crippen molar-refractivity contribution in [3.8, 4) is 11.5 Å². The molecule has 1 aromatic heterocycles. The number of amides is 1. The number of hydrogen-bond donors (Lipinski definition) is 2. The van der Waals surface area contributed by atoms with Gasteiger partial charge in [-0.2, -0.15) is 5.10 Å². The second kappa shape index (κ2) is 5.64. The molecule has 1 aliphatic heterocycles. The SMILES string of the molecule is O=C(NCc1ccc2c(c1)OCCO2)c1n[nH]c2ccccc12. The molecule has 0 bridgehead atoms. The third-order valence-corrected chi connectivity index (χ3v) is 3.75. The number of H-pyrrole nitrogens is 1. The van der Waals surface area contributed by atoms with Gasteiger partial charge in [0.05, 0.1) is 5.52 Å². The van der Waals surface area contributed by atoms with Crippen LogP contribution in [0.15, 0.2) is 42.5 Å². The number of aromatic nitrogens is 2. The second-order valence-corrected chi connectivity index (χ2v) is 5.28. The maximum atomic E-state index is 12.3. The molecule has 0 atom stereocenters. The van der Waals surface area contributed by atoms with E-state index in [1.807, 2.05) is 42.5 Å². The Balaban J connectivity index is 1.49. The molecule has 3 aromatic rings. The summed E-state index contributed by atoms with van der Waals surface area (Å²) in [6, 6.07) is 13.2. The van der Waals surface area contributed by atoms with Crippen molar-refractivity contribution in [2.75, 3.05) is 13.2 Å². The van der Waals surface area contributed by atoms with Crippen molar-refractivity contribution in [2.45, 2.75) is 6.54 Å². The van der Waals surface area contributed by atoms with E-state index in [0.29, 0.717) is 31.2 Å². The first-order valence-electron chi connectivity index (χ1n) is 7.41. The lowest BCUT2D eigenvalue weighted by Crippen LogP contribution is -2.23. The van der Waals surface area contributed by atoms with Gasteiger partial charge >= 0.3 is 0 Å². The molecule has 4 rings (SSSR count). The van der Waals surface area contributed by atoms with Crippen LogP contribution in [0.3, 0.4) is 0 Å².